The van der Waals surface area contributed by atoms with Gasteiger partial charge in [-0.05, 0) is 45.4 Å². The van der Waals surface area contributed by atoms with E-state index in [0.717, 1.165) is 0 Å². The molecule has 3 aliphatic rings. The smallest absolute Gasteiger partial charge is 0.246 e. The number of carbonyl (C=O) groups is 9. The molecule has 0 radical (unpaired) electrons. The predicted octanol–water partition coefficient (Wildman–Crippen LogP) is -9.33. The minimum Gasteiger partial charge on any atom is -0.394 e. The van der Waals surface area contributed by atoms with E-state index in [-0.39, 0.29) is 190 Å². The fraction of sp³-hybridized carbons (Fsp3) is 0.864. The van der Waals surface area contributed by atoms with Crippen LogP contribution in [0.2, 0.25) is 0 Å². The minimum absolute atomic E-state index is 0.0197. The highest BCUT2D eigenvalue weighted by molar-refractivity contribution is 5.92. The number of amides is 8. The SMILES string of the molecule is CC(=O)CCOCCNC(=O)[C@H](CCCCNC(=O)COCCOCCOCCO[C@@H]1O[C@H](CO)[C@H](O)[C@H](O)[C@H]1NC(C)=O)NC(=O)[C@H](CCCCNC(=O)COCCOCCOCCO[C@@H]1O[C@H](CO)[C@H](O)[C@H](O)[C@H]1NC(C)=O)NC(=O)COCCOCCOCCO[C@@H]1O[C@H](CO)[C@H](O)[C@H](O)[C@H]1NC(C)=O. The molecule has 8 amide bonds. The average Bonchev–Trinajstić information content (AvgIpc) is 0.823. The zero-order valence-electron chi connectivity index (χ0n) is 62.0. The van der Waals surface area contributed by atoms with Gasteiger partial charge in [-0.15, -0.1) is 0 Å². The number of ether oxygens (including phenoxy) is 16. The van der Waals surface area contributed by atoms with Crippen molar-refractivity contribution in [2.45, 2.75) is 177 Å². The molecule has 17 N–H and O–H groups in total. The molecule has 3 fully saturated rings. The summed E-state index contributed by atoms with van der Waals surface area (Å²) in [5.41, 5.74) is 0. The Hall–Kier alpha value is -5.57. The maximum Gasteiger partial charge on any atom is 0.246 e. The maximum absolute atomic E-state index is 14.1. The molecule has 0 unspecified atom stereocenters. The van der Waals surface area contributed by atoms with Crippen LogP contribution in [0.25, 0.3) is 0 Å². The number of Topliss-reactive ketones (excluding diaryl/α,β-unsaturated/α-hetero) is 1. The highest BCUT2D eigenvalue weighted by Gasteiger charge is 2.48. The molecule has 0 bridgehead atoms. The van der Waals surface area contributed by atoms with Gasteiger partial charge in [-0.1, -0.05) is 0 Å². The molecule has 0 aliphatic carbocycles. The van der Waals surface area contributed by atoms with Gasteiger partial charge in [0.05, 0.1) is 152 Å². The number of unbranched alkanes of at least 4 members (excludes halogenated alkanes) is 2. The Morgan fingerprint density at radius 1 is 0.333 bits per heavy atom. The Bertz CT molecular complexity index is 2530. The number of hydrogen-bond acceptors (Lipinski definition) is 34. The van der Waals surface area contributed by atoms with Crippen LogP contribution in [0.1, 0.15) is 72.6 Å². The molecule has 3 saturated heterocycles. The van der Waals surface area contributed by atoms with Gasteiger partial charge in [0.1, 0.15) is 111 Å². The van der Waals surface area contributed by atoms with Gasteiger partial charge in [0, 0.05) is 46.8 Å². The highest BCUT2D eigenvalue weighted by Crippen LogP contribution is 2.25. The first-order chi connectivity index (χ1) is 51.9. The van der Waals surface area contributed by atoms with E-state index in [1.54, 1.807) is 0 Å². The maximum atomic E-state index is 14.1. The fourth-order valence-corrected chi connectivity index (χ4v) is 10.6. The van der Waals surface area contributed by atoms with Gasteiger partial charge in [0.25, 0.3) is 0 Å². The highest BCUT2D eigenvalue weighted by atomic mass is 16.7. The summed E-state index contributed by atoms with van der Waals surface area (Å²) in [5, 5.41) is 111. The molecule has 0 aromatic heterocycles. The number of ketones is 1. The lowest BCUT2D eigenvalue weighted by Gasteiger charge is -2.42. The quantitative estimate of drug-likeness (QED) is 0.0251. The molecular formula is C66H118N8O34. The van der Waals surface area contributed by atoms with Crippen LogP contribution in [-0.2, 0) is 119 Å². The summed E-state index contributed by atoms with van der Waals surface area (Å²) in [6.07, 6.45) is -14.0. The molecule has 17 atom stereocenters. The summed E-state index contributed by atoms with van der Waals surface area (Å²) in [6.45, 7) is 4.16. The van der Waals surface area contributed by atoms with Crippen molar-refractivity contribution in [1.82, 2.24) is 42.5 Å². The van der Waals surface area contributed by atoms with Crippen LogP contribution < -0.4 is 42.5 Å². The van der Waals surface area contributed by atoms with Crippen LogP contribution in [0.15, 0.2) is 0 Å². The summed E-state index contributed by atoms with van der Waals surface area (Å²) in [7, 11) is 0. The number of hydrogen-bond donors (Lipinski definition) is 17. The third kappa shape index (κ3) is 41.1. The summed E-state index contributed by atoms with van der Waals surface area (Å²) in [4.78, 5) is 113. The monoisotopic (exact) mass is 1570 g/mol. The Kier molecular flexibility index (Phi) is 52.2. The van der Waals surface area contributed by atoms with Gasteiger partial charge in [0.15, 0.2) is 18.9 Å². The first-order valence-corrected chi connectivity index (χ1v) is 36.1. The third-order valence-corrected chi connectivity index (χ3v) is 16.1. The second kappa shape index (κ2) is 58.3. The fourth-order valence-electron chi connectivity index (χ4n) is 10.6. The normalized spacial score (nSPS) is 24.7. The molecule has 3 rings (SSSR count). The van der Waals surface area contributed by atoms with Crippen LogP contribution in [-0.4, -0.2) is 394 Å². The van der Waals surface area contributed by atoms with Crippen molar-refractivity contribution in [3.8, 4) is 0 Å². The van der Waals surface area contributed by atoms with E-state index in [9.17, 15) is 89.1 Å². The van der Waals surface area contributed by atoms with Crippen LogP contribution in [0.5, 0.6) is 0 Å². The number of rotatable bonds is 62. The lowest BCUT2D eigenvalue weighted by molar-refractivity contribution is -0.272. The second-order valence-electron chi connectivity index (χ2n) is 25.0. The second-order valence-corrected chi connectivity index (χ2v) is 25.0. The van der Waals surface area contributed by atoms with Crippen molar-refractivity contribution >= 4 is 53.0 Å². The summed E-state index contributed by atoms with van der Waals surface area (Å²) in [6, 6.07) is -5.63. The molecule has 0 spiro atoms. The van der Waals surface area contributed by atoms with Crippen molar-refractivity contribution in [3.05, 3.63) is 0 Å². The molecule has 108 heavy (non-hydrogen) atoms. The average molecular weight is 1570 g/mol. The van der Waals surface area contributed by atoms with Crippen molar-refractivity contribution in [3.63, 3.8) is 0 Å². The lowest BCUT2D eigenvalue weighted by Crippen LogP contribution is -2.64. The molecule has 0 saturated carbocycles. The molecule has 3 aliphatic heterocycles. The molecule has 3 heterocycles. The topological polar surface area (TPSA) is 580 Å². The van der Waals surface area contributed by atoms with Crippen LogP contribution >= 0.6 is 0 Å². The van der Waals surface area contributed by atoms with Crippen LogP contribution in [0.3, 0.4) is 0 Å². The summed E-state index contributed by atoms with van der Waals surface area (Å²) in [5.74, 6) is -4.38. The van der Waals surface area contributed by atoms with Crippen molar-refractivity contribution in [1.29, 1.82) is 0 Å². The minimum atomic E-state index is -1.48. The van der Waals surface area contributed by atoms with E-state index in [1.807, 2.05) is 0 Å². The Morgan fingerprint density at radius 3 is 0.963 bits per heavy atom. The molecule has 626 valence electrons. The molecule has 0 aromatic rings. The lowest BCUT2D eigenvalue weighted by atomic mass is 9.97. The van der Waals surface area contributed by atoms with E-state index in [4.69, 9.17) is 75.8 Å². The van der Waals surface area contributed by atoms with Crippen molar-refractivity contribution < 1.29 is 165 Å². The van der Waals surface area contributed by atoms with Crippen molar-refractivity contribution in [2.24, 2.45) is 0 Å². The number of nitrogens with one attached hydrogen (secondary N) is 8. The van der Waals surface area contributed by atoms with E-state index in [1.165, 1.54) is 27.7 Å². The van der Waals surface area contributed by atoms with Gasteiger partial charge < -0.3 is 164 Å². The standard InChI is InChI=1S/C66H118N8O34/c1-41(78)11-15-93-16-14-69-62(91)45(9-5-7-12-67-50(82)38-100-26-23-94-17-20-97-29-32-103-64-53(70-42(2)79)59(88)56(85)47(35-75)106-64)74-63(92)46(73-52(84)40-102-28-25-96-19-22-99-31-34-105-66-55(72-44(4)81)61(90)58(87)49(37-77)108-66)10-6-8-13-68-51(83)39-101-27-24-95-18-21-98-30-33-104-65-54(71-43(3)80)60(89)57(86)48(36-76)107-65/h45-49,53-61,64-66,75-77,85-90H,5-40H2,1-4H3,(H,67,82)(H,68,83)(H,69,91)(H,70,79)(H,71,80)(H,72,81)(H,73,84)(H,74,92)/t45-,46-,47+,48+,49+,53+,54+,55+,56-,57-,58-,59+,60+,61+,64+,65+,66+/m0/s1. The summed E-state index contributed by atoms with van der Waals surface area (Å²) < 4.78 is 88.2. The largest absolute Gasteiger partial charge is 0.394 e. The van der Waals surface area contributed by atoms with E-state index in [0.29, 0.717) is 25.7 Å². The van der Waals surface area contributed by atoms with E-state index in [2.05, 4.69) is 42.5 Å². The number of aliphatic hydroxyl groups is 9. The Labute approximate surface area is 626 Å². The summed E-state index contributed by atoms with van der Waals surface area (Å²) >= 11 is 0. The van der Waals surface area contributed by atoms with E-state index >= 15 is 0 Å². The number of aliphatic hydroxyl groups excluding tert-OH is 9. The molecule has 0 aromatic carbocycles. The predicted molar refractivity (Wildman–Crippen MR) is 368 cm³/mol. The van der Waals surface area contributed by atoms with Gasteiger partial charge in [0.2, 0.25) is 47.3 Å². The Balaban J connectivity index is 1.46. The van der Waals surface area contributed by atoms with Gasteiger partial charge in [-0.2, -0.15) is 0 Å². The van der Waals surface area contributed by atoms with Gasteiger partial charge >= 0.3 is 0 Å². The zero-order valence-corrected chi connectivity index (χ0v) is 62.0. The molecule has 42 nitrogen and oxygen atoms in total. The van der Waals surface area contributed by atoms with Crippen LogP contribution in [0.4, 0.5) is 0 Å². The first-order valence-electron chi connectivity index (χ1n) is 36.1. The Morgan fingerprint density at radius 2 is 0.639 bits per heavy atom. The molecule has 42 heteroatoms. The molecular weight excluding hydrogens is 1450 g/mol. The number of carbonyl (C=O) groups excluding carboxylic acids is 9. The van der Waals surface area contributed by atoms with Gasteiger partial charge in [-0.3, -0.25) is 43.2 Å². The van der Waals surface area contributed by atoms with Crippen LogP contribution in [0, 0.1) is 0 Å². The van der Waals surface area contributed by atoms with Crippen molar-refractivity contribution in [2.75, 3.05) is 191 Å². The van der Waals surface area contributed by atoms with E-state index < -0.39 is 178 Å². The third-order valence-electron chi connectivity index (χ3n) is 16.1. The van der Waals surface area contributed by atoms with Gasteiger partial charge in [-0.25, -0.2) is 0 Å². The zero-order chi connectivity index (χ0) is 79.4. The first kappa shape index (κ1) is 96.6.